The van der Waals surface area contributed by atoms with Crippen LogP contribution in [0, 0.1) is 5.92 Å². The average molecular weight is 251 g/mol. The number of ether oxygens (including phenoxy) is 1. The van der Waals surface area contributed by atoms with Crippen LogP contribution in [0.2, 0.25) is 0 Å². The van der Waals surface area contributed by atoms with E-state index < -0.39 is 0 Å². The molecule has 0 saturated carbocycles. The molecule has 5 nitrogen and oxygen atoms in total. The number of aryl methyl sites for hydroxylation is 1. The van der Waals surface area contributed by atoms with Crippen LogP contribution in [-0.4, -0.2) is 47.2 Å². The minimum Gasteiger partial charge on any atom is -0.372 e. The van der Waals surface area contributed by atoms with Crippen molar-refractivity contribution in [2.45, 2.75) is 26.3 Å². The van der Waals surface area contributed by atoms with E-state index in [9.17, 15) is 4.79 Å². The van der Waals surface area contributed by atoms with E-state index in [0.29, 0.717) is 12.5 Å². The van der Waals surface area contributed by atoms with E-state index in [1.807, 2.05) is 26.4 Å². The third-order valence-electron chi connectivity index (χ3n) is 3.44. The number of hydrogen-bond acceptors (Lipinski definition) is 3. The molecule has 18 heavy (non-hydrogen) atoms. The van der Waals surface area contributed by atoms with Crippen LogP contribution in [0.1, 0.15) is 19.2 Å². The molecule has 0 N–H and O–H groups in total. The van der Waals surface area contributed by atoms with E-state index in [0.717, 1.165) is 31.8 Å². The van der Waals surface area contributed by atoms with Gasteiger partial charge in [-0.2, -0.15) is 0 Å². The molecule has 1 aromatic rings. The second-order valence-corrected chi connectivity index (χ2v) is 4.81. The first-order valence-corrected chi connectivity index (χ1v) is 6.52. The van der Waals surface area contributed by atoms with Crippen molar-refractivity contribution < 1.29 is 9.53 Å². The molecule has 0 spiro atoms. The number of aromatic nitrogens is 2. The quantitative estimate of drug-likeness (QED) is 0.782. The van der Waals surface area contributed by atoms with Crippen molar-refractivity contribution in [2.75, 3.05) is 26.8 Å². The summed E-state index contributed by atoms with van der Waals surface area (Å²) in [4.78, 5) is 17.9. The largest absolute Gasteiger partial charge is 0.372 e. The highest BCUT2D eigenvalue weighted by molar-refractivity contribution is 5.77. The van der Waals surface area contributed by atoms with E-state index in [2.05, 4.69) is 9.55 Å². The summed E-state index contributed by atoms with van der Waals surface area (Å²) >= 11 is 0. The molecule has 2 heterocycles. The van der Waals surface area contributed by atoms with E-state index in [1.54, 1.807) is 4.90 Å². The number of nitrogens with zero attached hydrogens (tertiary/aromatic N) is 3. The Morgan fingerprint density at radius 3 is 3.28 bits per heavy atom. The fraction of sp³-hybridized carbons (Fsp3) is 0.692. The Bertz CT molecular complexity index is 403. The molecule has 0 bridgehead atoms. The maximum Gasteiger partial charge on any atom is 0.248 e. The van der Waals surface area contributed by atoms with Crippen LogP contribution in [-0.2, 0) is 22.5 Å². The first-order chi connectivity index (χ1) is 8.70. The molecule has 1 atom stereocenters. The summed E-state index contributed by atoms with van der Waals surface area (Å²) in [5.41, 5.74) is 0. The lowest BCUT2D eigenvalue weighted by atomic mass is 9.97. The molecule has 0 aromatic carbocycles. The van der Waals surface area contributed by atoms with Crippen LogP contribution in [0.4, 0.5) is 0 Å². The Hall–Kier alpha value is -1.36. The van der Waals surface area contributed by atoms with Gasteiger partial charge in [0.15, 0.2) is 0 Å². The average Bonchev–Trinajstić information content (AvgIpc) is 2.83. The van der Waals surface area contributed by atoms with Gasteiger partial charge in [0.25, 0.3) is 0 Å². The third kappa shape index (κ3) is 3.10. The maximum absolute atomic E-state index is 11.8. The number of hydrogen-bond donors (Lipinski definition) is 0. The zero-order chi connectivity index (χ0) is 13.0. The second kappa shape index (κ2) is 6.00. The van der Waals surface area contributed by atoms with Gasteiger partial charge in [0.05, 0.1) is 0 Å². The van der Waals surface area contributed by atoms with Crippen molar-refractivity contribution in [2.24, 2.45) is 5.92 Å². The number of imidazole rings is 1. The van der Waals surface area contributed by atoms with Gasteiger partial charge in [-0.25, -0.2) is 4.98 Å². The normalized spacial score (nSPS) is 18.4. The number of amides is 1. The molecular weight excluding hydrogens is 230 g/mol. The summed E-state index contributed by atoms with van der Waals surface area (Å²) < 4.78 is 7.33. The van der Waals surface area contributed by atoms with Gasteiger partial charge in [-0.05, 0) is 19.3 Å². The van der Waals surface area contributed by atoms with E-state index >= 15 is 0 Å². The molecule has 5 heteroatoms. The topological polar surface area (TPSA) is 47.4 Å². The Kier molecular flexibility index (Phi) is 4.36. The SMILES string of the molecule is CCOCC(=O)N(C)C[C@H]1CCn2ccnc2C1. The zero-order valence-corrected chi connectivity index (χ0v) is 11.1. The molecule has 0 saturated heterocycles. The van der Waals surface area contributed by atoms with Gasteiger partial charge in [0.1, 0.15) is 12.4 Å². The Balaban J connectivity index is 1.82. The van der Waals surface area contributed by atoms with Gasteiger partial charge in [0, 0.05) is 45.6 Å². The summed E-state index contributed by atoms with van der Waals surface area (Å²) in [6.07, 6.45) is 5.94. The Morgan fingerprint density at radius 1 is 1.67 bits per heavy atom. The van der Waals surface area contributed by atoms with Crippen molar-refractivity contribution in [3.63, 3.8) is 0 Å². The molecule has 0 unspecified atom stereocenters. The monoisotopic (exact) mass is 251 g/mol. The van der Waals surface area contributed by atoms with Crippen LogP contribution in [0.15, 0.2) is 12.4 Å². The van der Waals surface area contributed by atoms with E-state index in [4.69, 9.17) is 4.74 Å². The summed E-state index contributed by atoms with van der Waals surface area (Å²) in [5.74, 6) is 1.71. The smallest absolute Gasteiger partial charge is 0.248 e. The van der Waals surface area contributed by atoms with Crippen molar-refractivity contribution in [1.82, 2.24) is 14.5 Å². The van der Waals surface area contributed by atoms with E-state index in [-0.39, 0.29) is 12.5 Å². The predicted molar refractivity (Wildman–Crippen MR) is 68.2 cm³/mol. The molecule has 0 fully saturated rings. The molecule has 100 valence electrons. The van der Waals surface area contributed by atoms with Crippen molar-refractivity contribution in [3.05, 3.63) is 18.2 Å². The molecule has 1 amide bonds. The number of carbonyl (C=O) groups is 1. The molecule has 1 aliphatic heterocycles. The van der Waals surface area contributed by atoms with Crippen molar-refractivity contribution in [1.29, 1.82) is 0 Å². The zero-order valence-electron chi connectivity index (χ0n) is 11.1. The van der Waals surface area contributed by atoms with Crippen LogP contribution in [0.3, 0.4) is 0 Å². The van der Waals surface area contributed by atoms with Crippen molar-refractivity contribution in [3.8, 4) is 0 Å². The highest BCUT2D eigenvalue weighted by Gasteiger charge is 2.22. The van der Waals surface area contributed by atoms with Crippen LogP contribution >= 0.6 is 0 Å². The first kappa shape index (κ1) is 13.1. The minimum absolute atomic E-state index is 0.0609. The standard InChI is InChI=1S/C13H21N3O2/c1-3-18-10-13(17)15(2)9-11-4-6-16-7-5-14-12(16)8-11/h5,7,11H,3-4,6,8-10H2,1-2H3/t11-/m0/s1. The van der Waals surface area contributed by atoms with Gasteiger partial charge < -0.3 is 14.2 Å². The lowest BCUT2D eigenvalue weighted by Gasteiger charge is -2.27. The first-order valence-electron chi connectivity index (χ1n) is 6.52. The molecule has 0 radical (unpaired) electrons. The summed E-state index contributed by atoms with van der Waals surface area (Å²) in [6.45, 7) is 4.47. The van der Waals surface area contributed by atoms with Crippen LogP contribution in [0.5, 0.6) is 0 Å². The Morgan fingerprint density at radius 2 is 2.50 bits per heavy atom. The fourth-order valence-corrected chi connectivity index (χ4v) is 2.36. The highest BCUT2D eigenvalue weighted by atomic mass is 16.5. The van der Waals surface area contributed by atoms with Crippen LogP contribution < -0.4 is 0 Å². The van der Waals surface area contributed by atoms with Gasteiger partial charge in [-0.1, -0.05) is 0 Å². The number of carbonyl (C=O) groups excluding carboxylic acids is 1. The number of fused-ring (bicyclic) bond motifs is 1. The Labute approximate surface area is 108 Å². The van der Waals surface area contributed by atoms with Gasteiger partial charge in [-0.15, -0.1) is 0 Å². The van der Waals surface area contributed by atoms with Gasteiger partial charge in [-0.3, -0.25) is 4.79 Å². The highest BCUT2D eigenvalue weighted by Crippen LogP contribution is 2.19. The third-order valence-corrected chi connectivity index (χ3v) is 3.44. The van der Waals surface area contributed by atoms with Crippen molar-refractivity contribution >= 4 is 5.91 Å². The number of rotatable bonds is 5. The molecule has 1 aliphatic rings. The molecule has 2 rings (SSSR count). The maximum atomic E-state index is 11.8. The van der Waals surface area contributed by atoms with E-state index in [1.165, 1.54) is 0 Å². The predicted octanol–water partition coefficient (Wildman–Crippen LogP) is 0.940. The number of likely N-dealkylation sites (N-methyl/N-ethyl adjacent to an activating group) is 1. The summed E-state index contributed by atoms with van der Waals surface area (Å²) in [7, 11) is 1.85. The van der Waals surface area contributed by atoms with Gasteiger partial charge in [0.2, 0.25) is 5.91 Å². The molecule has 0 aliphatic carbocycles. The summed E-state index contributed by atoms with van der Waals surface area (Å²) in [5, 5.41) is 0. The minimum atomic E-state index is 0.0609. The lowest BCUT2D eigenvalue weighted by molar-refractivity contribution is -0.135. The summed E-state index contributed by atoms with van der Waals surface area (Å²) in [6, 6.07) is 0. The van der Waals surface area contributed by atoms with Crippen LogP contribution in [0.25, 0.3) is 0 Å². The second-order valence-electron chi connectivity index (χ2n) is 4.81. The molecular formula is C13H21N3O2. The molecule has 1 aromatic heterocycles. The fourth-order valence-electron chi connectivity index (χ4n) is 2.36. The lowest BCUT2D eigenvalue weighted by Crippen LogP contribution is -2.36. The van der Waals surface area contributed by atoms with Gasteiger partial charge >= 0.3 is 0 Å².